The minimum atomic E-state index is -3.64. The summed E-state index contributed by atoms with van der Waals surface area (Å²) in [5.41, 5.74) is 1.29. The Morgan fingerprint density at radius 3 is 2.18 bits per heavy atom. The monoisotopic (exact) mass is 406 g/mol. The maximum Gasteiger partial charge on any atom is 0.246 e. The summed E-state index contributed by atoms with van der Waals surface area (Å²) in [5.74, 6) is 0.848. The van der Waals surface area contributed by atoms with E-state index in [1.54, 1.807) is 70.7 Å². The van der Waals surface area contributed by atoms with Gasteiger partial charge in [-0.1, -0.05) is 24.3 Å². The number of likely N-dealkylation sites (N-methyl/N-ethyl adjacent to an activating group) is 1. The lowest BCUT2D eigenvalue weighted by atomic mass is 10.1. The van der Waals surface area contributed by atoms with Crippen molar-refractivity contribution in [3.8, 4) is 11.5 Å². The fourth-order valence-corrected chi connectivity index (χ4v) is 4.20. The third-order valence-corrected chi connectivity index (χ3v) is 5.56. The van der Waals surface area contributed by atoms with Gasteiger partial charge in [0.1, 0.15) is 6.04 Å². The van der Waals surface area contributed by atoms with Crippen molar-refractivity contribution in [2.24, 2.45) is 0 Å². The molecule has 0 spiro atoms. The van der Waals surface area contributed by atoms with E-state index in [-0.39, 0.29) is 5.91 Å². The summed E-state index contributed by atoms with van der Waals surface area (Å²) in [6.45, 7) is 1.89. The first-order valence-electron chi connectivity index (χ1n) is 8.69. The standard InChI is InChI=1S/C20H26N2O5S/c1-15(22(28(5,24)25)17-9-7-6-8-10-17)20(23)21(2)14-16-11-12-18(26-3)19(13-16)27-4/h6-13,15H,14H2,1-5H3/t15-/m0/s1. The molecule has 152 valence electrons. The summed E-state index contributed by atoms with van der Waals surface area (Å²) < 4.78 is 36.3. The second-order valence-electron chi connectivity index (χ2n) is 6.45. The number of hydrogen-bond donors (Lipinski definition) is 0. The Bertz CT molecular complexity index is 915. The smallest absolute Gasteiger partial charge is 0.246 e. The van der Waals surface area contributed by atoms with Crippen LogP contribution in [0.15, 0.2) is 48.5 Å². The van der Waals surface area contributed by atoms with E-state index in [4.69, 9.17) is 9.47 Å². The quantitative estimate of drug-likeness (QED) is 0.673. The van der Waals surface area contributed by atoms with Crippen molar-refractivity contribution >= 4 is 21.6 Å². The van der Waals surface area contributed by atoms with Crippen LogP contribution in [0.4, 0.5) is 5.69 Å². The molecule has 8 heteroatoms. The fraction of sp³-hybridized carbons (Fsp3) is 0.350. The molecule has 0 unspecified atom stereocenters. The van der Waals surface area contributed by atoms with Gasteiger partial charge in [0.2, 0.25) is 15.9 Å². The number of amides is 1. The summed E-state index contributed by atoms with van der Waals surface area (Å²) >= 11 is 0. The minimum Gasteiger partial charge on any atom is -0.493 e. The highest BCUT2D eigenvalue weighted by molar-refractivity contribution is 7.92. The molecule has 0 saturated carbocycles. The van der Waals surface area contributed by atoms with Gasteiger partial charge in [0.25, 0.3) is 0 Å². The maximum atomic E-state index is 13.0. The van der Waals surface area contributed by atoms with Crippen molar-refractivity contribution in [1.29, 1.82) is 0 Å². The predicted octanol–water partition coefficient (Wildman–Crippen LogP) is 2.52. The van der Waals surface area contributed by atoms with Crippen LogP contribution in [0.25, 0.3) is 0 Å². The zero-order valence-electron chi connectivity index (χ0n) is 16.7. The molecule has 7 nitrogen and oxygen atoms in total. The van der Waals surface area contributed by atoms with Crippen LogP contribution in [-0.2, 0) is 21.4 Å². The Kier molecular flexibility index (Phi) is 6.90. The van der Waals surface area contributed by atoms with E-state index in [1.807, 2.05) is 6.07 Å². The van der Waals surface area contributed by atoms with Gasteiger partial charge in [-0.15, -0.1) is 0 Å². The molecule has 0 saturated heterocycles. The molecular formula is C20H26N2O5S. The van der Waals surface area contributed by atoms with Gasteiger partial charge in [-0.3, -0.25) is 9.10 Å². The summed E-state index contributed by atoms with van der Waals surface area (Å²) in [6.07, 6.45) is 1.10. The first kappa shape index (κ1) is 21.6. The van der Waals surface area contributed by atoms with Crippen LogP contribution in [0.5, 0.6) is 11.5 Å². The average molecular weight is 407 g/mol. The van der Waals surface area contributed by atoms with Gasteiger partial charge in [0, 0.05) is 13.6 Å². The van der Waals surface area contributed by atoms with Crippen molar-refractivity contribution in [2.75, 3.05) is 31.8 Å². The van der Waals surface area contributed by atoms with Gasteiger partial charge in [-0.2, -0.15) is 0 Å². The Hall–Kier alpha value is -2.74. The third-order valence-electron chi connectivity index (χ3n) is 4.32. The topological polar surface area (TPSA) is 76.2 Å². The van der Waals surface area contributed by atoms with Crippen molar-refractivity contribution < 1.29 is 22.7 Å². The molecule has 1 atom stereocenters. The second-order valence-corrected chi connectivity index (χ2v) is 8.31. The first-order valence-corrected chi connectivity index (χ1v) is 10.5. The highest BCUT2D eigenvalue weighted by atomic mass is 32.2. The summed E-state index contributed by atoms with van der Waals surface area (Å²) in [7, 11) is 1.10. The molecule has 2 rings (SSSR count). The highest BCUT2D eigenvalue weighted by Crippen LogP contribution is 2.28. The number of methoxy groups -OCH3 is 2. The molecule has 0 aliphatic heterocycles. The molecule has 0 fully saturated rings. The Morgan fingerprint density at radius 1 is 1.04 bits per heavy atom. The number of nitrogens with zero attached hydrogens (tertiary/aromatic N) is 2. The molecule has 2 aromatic carbocycles. The van der Waals surface area contributed by atoms with E-state index in [1.165, 1.54) is 4.90 Å². The number of hydrogen-bond acceptors (Lipinski definition) is 5. The molecule has 28 heavy (non-hydrogen) atoms. The zero-order valence-corrected chi connectivity index (χ0v) is 17.6. The van der Waals surface area contributed by atoms with Crippen LogP contribution < -0.4 is 13.8 Å². The molecule has 0 radical (unpaired) electrons. The van der Waals surface area contributed by atoms with Gasteiger partial charge < -0.3 is 14.4 Å². The SMILES string of the molecule is COc1ccc(CN(C)C(=O)[C@H](C)N(c2ccccc2)S(C)(=O)=O)cc1OC. The van der Waals surface area contributed by atoms with Gasteiger partial charge in [0.15, 0.2) is 11.5 Å². The Morgan fingerprint density at radius 2 is 1.64 bits per heavy atom. The fourth-order valence-electron chi connectivity index (χ4n) is 3.03. The molecule has 0 N–H and O–H groups in total. The number of carbonyl (C=O) groups excluding carboxylic acids is 1. The van der Waals surface area contributed by atoms with Crippen LogP contribution in [0.2, 0.25) is 0 Å². The van der Waals surface area contributed by atoms with E-state index in [9.17, 15) is 13.2 Å². The van der Waals surface area contributed by atoms with E-state index in [2.05, 4.69) is 0 Å². The molecule has 1 amide bonds. The van der Waals surface area contributed by atoms with E-state index in [0.717, 1.165) is 16.1 Å². The normalized spacial score (nSPS) is 12.2. The molecule has 0 heterocycles. The minimum absolute atomic E-state index is 0.302. The zero-order chi connectivity index (χ0) is 20.9. The van der Waals surface area contributed by atoms with Crippen LogP contribution in [-0.4, -0.2) is 52.8 Å². The summed E-state index contributed by atoms with van der Waals surface area (Å²) in [4.78, 5) is 14.4. The Balaban J connectivity index is 2.23. The van der Waals surface area contributed by atoms with Crippen LogP contribution in [0.3, 0.4) is 0 Å². The third kappa shape index (κ3) is 4.95. The lowest BCUT2D eigenvalue weighted by Crippen LogP contribution is -2.48. The predicted molar refractivity (Wildman–Crippen MR) is 109 cm³/mol. The number of ether oxygens (including phenoxy) is 2. The molecule has 0 aliphatic carbocycles. The highest BCUT2D eigenvalue weighted by Gasteiger charge is 2.30. The van der Waals surface area contributed by atoms with Gasteiger partial charge in [0.05, 0.1) is 26.2 Å². The van der Waals surface area contributed by atoms with Crippen LogP contribution >= 0.6 is 0 Å². The van der Waals surface area contributed by atoms with Crippen LogP contribution in [0, 0.1) is 0 Å². The van der Waals surface area contributed by atoms with Gasteiger partial charge in [-0.25, -0.2) is 8.42 Å². The van der Waals surface area contributed by atoms with E-state index in [0.29, 0.717) is 23.7 Å². The van der Waals surface area contributed by atoms with Crippen molar-refractivity contribution in [1.82, 2.24) is 4.90 Å². The van der Waals surface area contributed by atoms with Gasteiger partial charge >= 0.3 is 0 Å². The van der Waals surface area contributed by atoms with Crippen molar-refractivity contribution in [2.45, 2.75) is 19.5 Å². The number of anilines is 1. The number of carbonyl (C=O) groups is 1. The van der Waals surface area contributed by atoms with Crippen molar-refractivity contribution in [3.63, 3.8) is 0 Å². The molecule has 0 aliphatic rings. The first-order chi connectivity index (χ1) is 13.2. The Labute approximate surface area is 166 Å². The lowest BCUT2D eigenvalue weighted by molar-refractivity contribution is -0.131. The van der Waals surface area contributed by atoms with Gasteiger partial charge in [-0.05, 0) is 36.8 Å². The summed E-state index contributed by atoms with van der Waals surface area (Å²) in [5, 5.41) is 0. The molecular weight excluding hydrogens is 380 g/mol. The number of benzene rings is 2. The number of rotatable bonds is 8. The summed E-state index contributed by atoms with van der Waals surface area (Å²) in [6, 6.07) is 13.1. The molecule has 0 bridgehead atoms. The lowest BCUT2D eigenvalue weighted by Gasteiger charge is -2.31. The van der Waals surface area contributed by atoms with E-state index >= 15 is 0 Å². The molecule has 0 aromatic heterocycles. The average Bonchev–Trinajstić information content (AvgIpc) is 2.66. The maximum absolute atomic E-state index is 13.0. The molecule has 2 aromatic rings. The van der Waals surface area contributed by atoms with Crippen LogP contribution in [0.1, 0.15) is 12.5 Å². The number of sulfonamides is 1. The largest absolute Gasteiger partial charge is 0.493 e. The van der Waals surface area contributed by atoms with E-state index < -0.39 is 16.1 Å². The number of para-hydroxylation sites is 1. The van der Waals surface area contributed by atoms with Crippen molar-refractivity contribution in [3.05, 3.63) is 54.1 Å². The second kappa shape index (κ2) is 8.97.